The van der Waals surface area contributed by atoms with Crippen LogP contribution in [0.3, 0.4) is 0 Å². The number of rotatable bonds is 10. The van der Waals surface area contributed by atoms with Gasteiger partial charge in [0.15, 0.2) is 5.34 Å². The molecular weight excluding hydrogens is 591 g/mol. The van der Waals surface area contributed by atoms with E-state index < -0.39 is 55.1 Å². The molecule has 4 N–H and O–H groups in total. The summed E-state index contributed by atoms with van der Waals surface area (Å²) < 4.78 is 37.2. The molecule has 13 heteroatoms. The predicted molar refractivity (Wildman–Crippen MR) is 160 cm³/mol. The summed E-state index contributed by atoms with van der Waals surface area (Å²) >= 11 is 0. The maximum atomic E-state index is 12.8. The van der Waals surface area contributed by atoms with Crippen LogP contribution in [0.1, 0.15) is 34.9 Å². The Balaban J connectivity index is 1.63. The van der Waals surface area contributed by atoms with Gasteiger partial charge in [0.1, 0.15) is 29.4 Å². The molecule has 2 heterocycles. The Hall–Kier alpha value is -4.03. The van der Waals surface area contributed by atoms with Crippen molar-refractivity contribution in [2.24, 2.45) is 0 Å². The highest BCUT2D eigenvalue weighted by Crippen LogP contribution is 2.59. The van der Waals surface area contributed by atoms with Crippen LogP contribution in [-0.4, -0.2) is 56.7 Å². The molecule has 5 rings (SSSR count). The van der Waals surface area contributed by atoms with E-state index in [2.05, 4.69) is 4.98 Å². The molecular formula is C31H33N2O10P. The number of benzene rings is 3. The molecule has 0 spiro atoms. The van der Waals surface area contributed by atoms with Crippen LogP contribution in [0.4, 0.5) is 0 Å². The van der Waals surface area contributed by atoms with Gasteiger partial charge in [-0.3, -0.25) is 18.9 Å². The highest BCUT2D eigenvalue weighted by molar-refractivity contribution is 7.53. The lowest BCUT2D eigenvalue weighted by Gasteiger charge is -2.38. The Morgan fingerprint density at radius 3 is 1.95 bits per heavy atom. The number of aliphatic hydroxyl groups is 1. The number of hydrogen-bond donors (Lipinski definition) is 4. The quantitative estimate of drug-likeness (QED) is 0.152. The van der Waals surface area contributed by atoms with Crippen molar-refractivity contribution in [3.05, 3.63) is 128 Å². The minimum atomic E-state index is -5.26. The third-order valence-electron chi connectivity index (χ3n) is 7.90. The van der Waals surface area contributed by atoms with Gasteiger partial charge in [-0.25, -0.2) is 4.79 Å². The SMILES string of the molecule is COc1ccc(C(OC[C@H]2O[C@@H](n3cc(C)c(=O)[nH]c3=O)C[C@@]2(O)P(=O)(O)O)(c2ccccc2)c2ccc(OC)cc2)cc1. The van der Waals surface area contributed by atoms with Gasteiger partial charge in [-0.15, -0.1) is 0 Å². The molecule has 3 atom stereocenters. The number of aromatic nitrogens is 2. The van der Waals surface area contributed by atoms with Crippen LogP contribution in [0.15, 0.2) is 94.6 Å². The number of H-pyrrole nitrogens is 1. The lowest BCUT2D eigenvalue weighted by molar-refractivity contribution is -0.105. The van der Waals surface area contributed by atoms with E-state index in [1.54, 1.807) is 38.5 Å². The third-order valence-corrected chi connectivity index (χ3v) is 9.38. The van der Waals surface area contributed by atoms with Gasteiger partial charge in [0.2, 0.25) is 0 Å². The van der Waals surface area contributed by atoms with E-state index in [0.29, 0.717) is 28.2 Å². The van der Waals surface area contributed by atoms with Gasteiger partial charge in [0, 0.05) is 18.2 Å². The molecule has 4 aromatic rings. The summed E-state index contributed by atoms with van der Waals surface area (Å²) in [4.78, 5) is 47.4. The maximum Gasteiger partial charge on any atom is 0.359 e. The molecule has 12 nitrogen and oxygen atoms in total. The molecule has 0 bridgehead atoms. The number of aromatic amines is 1. The average molecular weight is 625 g/mol. The number of ether oxygens (including phenoxy) is 4. The molecule has 1 saturated heterocycles. The van der Waals surface area contributed by atoms with Crippen molar-refractivity contribution >= 4 is 7.60 Å². The van der Waals surface area contributed by atoms with Crippen LogP contribution in [0.2, 0.25) is 0 Å². The second-order valence-electron chi connectivity index (χ2n) is 10.5. The largest absolute Gasteiger partial charge is 0.497 e. The van der Waals surface area contributed by atoms with Gasteiger partial charge in [-0.2, -0.15) is 0 Å². The van der Waals surface area contributed by atoms with Gasteiger partial charge in [0.05, 0.1) is 20.8 Å². The third kappa shape index (κ3) is 5.63. The van der Waals surface area contributed by atoms with Crippen LogP contribution in [0.5, 0.6) is 11.5 Å². The zero-order chi connectivity index (χ0) is 31.7. The monoisotopic (exact) mass is 624 g/mol. The highest BCUT2D eigenvalue weighted by atomic mass is 31.2. The summed E-state index contributed by atoms with van der Waals surface area (Å²) in [6.45, 7) is 0.958. The minimum absolute atomic E-state index is 0.176. The Morgan fingerprint density at radius 1 is 0.932 bits per heavy atom. The van der Waals surface area contributed by atoms with Gasteiger partial charge in [-0.05, 0) is 47.9 Å². The van der Waals surface area contributed by atoms with Crippen molar-refractivity contribution in [1.29, 1.82) is 0 Å². The summed E-state index contributed by atoms with van der Waals surface area (Å²) in [5, 5.41) is 8.77. The number of nitrogens with one attached hydrogen (secondary N) is 1. The maximum absolute atomic E-state index is 12.8. The van der Waals surface area contributed by atoms with E-state index in [0.717, 1.165) is 4.57 Å². The molecule has 0 aliphatic carbocycles. The summed E-state index contributed by atoms with van der Waals surface area (Å²) in [5.41, 5.74) is -0.682. The van der Waals surface area contributed by atoms with E-state index in [9.17, 15) is 29.0 Å². The Morgan fingerprint density at radius 2 is 1.45 bits per heavy atom. The van der Waals surface area contributed by atoms with Gasteiger partial charge < -0.3 is 33.8 Å². The highest BCUT2D eigenvalue weighted by Gasteiger charge is 2.60. The lowest BCUT2D eigenvalue weighted by atomic mass is 9.80. The van der Waals surface area contributed by atoms with Crippen molar-refractivity contribution in [2.45, 2.75) is 36.6 Å². The average Bonchev–Trinajstić information content (AvgIpc) is 3.37. The predicted octanol–water partition coefficient (Wildman–Crippen LogP) is 3.02. The minimum Gasteiger partial charge on any atom is -0.497 e. The molecule has 44 heavy (non-hydrogen) atoms. The fraction of sp³-hybridized carbons (Fsp3) is 0.290. The van der Waals surface area contributed by atoms with Crippen LogP contribution in [-0.2, 0) is 19.6 Å². The fourth-order valence-corrected chi connectivity index (χ4v) is 6.36. The Labute approximate surface area is 252 Å². The first-order chi connectivity index (χ1) is 20.9. The van der Waals surface area contributed by atoms with Crippen LogP contribution < -0.4 is 20.7 Å². The van der Waals surface area contributed by atoms with Crippen molar-refractivity contribution in [3.8, 4) is 11.5 Å². The molecule has 0 radical (unpaired) electrons. The molecule has 232 valence electrons. The van der Waals surface area contributed by atoms with Crippen LogP contribution in [0, 0.1) is 6.92 Å². The van der Waals surface area contributed by atoms with Gasteiger partial charge >= 0.3 is 13.3 Å². The number of methoxy groups -OCH3 is 2. The van der Waals surface area contributed by atoms with Crippen molar-refractivity contribution in [2.75, 3.05) is 20.8 Å². The fourth-order valence-electron chi connectivity index (χ4n) is 5.45. The van der Waals surface area contributed by atoms with Gasteiger partial charge in [-0.1, -0.05) is 54.6 Å². The number of aryl methyl sites for hydroxylation is 1. The molecule has 1 fully saturated rings. The second kappa shape index (κ2) is 12.2. The molecule has 0 amide bonds. The summed E-state index contributed by atoms with van der Waals surface area (Å²) in [5.74, 6) is 1.20. The first-order valence-electron chi connectivity index (χ1n) is 13.7. The van der Waals surface area contributed by atoms with Crippen LogP contribution >= 0.6 is 7.60 Å². The molecule has 3 aromatic carbocycles. The van der Waals surface area contributed by atoms with E-state index in [1.165, 1.54) is 13.1 Å². The lowest BCUT2D eigenvalue weighted by Crippen LogP contribution is -2.44. The number of hydrogen-bond acceptors (Lipinski definition) is 8. The molecule has 0 unspecified atom stereocenters. The van der Waals surface area contributed by atoms with Crippen molar-refractivity contribution < 1.29 is 38.4 Å². The first-order valence-corrected chi connectivity index (χ1v) is 15.3. The first kappa shape index (κ1) is 31.4. The Kier molecular flexibility index (Phi) is 8.68. The van der Waals surface area contributed by atoms with Crippen molar-refractivity contribution in [1.82, 2.24) is 9.55 Å². The second-order valence-corrected chi connectivity index (χ2v) is 12.4. The van der Waals surface area contributed by atoms with E-state index in [-0.39, 0.29) is 5.56 Å². The molecule has 1 aliphatic heterocycles. The summed E-state index contributed by atoms with van der Waals surface area (Å²) in [7, 11) is -2.17. The van der Waals surface area contributed by atoms with E-state index >= 15 is 0 Å². The molecule has 0 saturated carbocycles. The standard InChI is InChI=1S/C31H33N2O10P/c1-20-18-33(29(35)32-28(20)34)27-17-30(36,44(37,38)39)26(43-27)19-42-31(21-7-5-4-6-8-21,22-9-13-24(40-2)14-10-22)23-11-15-25(41-3)16-12-23/h4-16,18,26-27,36H,17,19H2,1-3H3,(H,32,34,35)(H2,37,38,39)/t26-,27-,30-/m1/s1. The normalized spacial score (nSPS) is 20.4. The van der Waals surface area contributed by atoms with Gasteiger partial charge in [0.25, 0.3) is 5.56 Å². The molecule has 1 aromatic heterocycles. The smallest absolute Gasteiger partial charge is 0.359 e. The Bertz CT molecular complexity index is 1720. The summed E-state index contributed by atoms with van der Waals surface area (Å²) in [6, 6.07) is 23.5. The zero-order valence-corrected chi connectivity index (χ0v) is 25.1. The number of nitrogens with zero attached hydrogens (tertiary/aromatic N) is 1. The van der Waals surface area contributed by atoms with E-state index in [1.807, 2.05) is 54.6 Å². The van der Waals surface area contributed by atoms with E-state index in [4.69, 9.17) is 18.9 Å². The topological polar surface area (TPSA) is 170 Å². The van der Waals surface area contributed by atoms with Crippen molar-refractivity contribution in [3.63, 3.8) is 0 Å². The zero-order valence-electron chi connectivity index (χ0n) is 24.2. The molecule has 1 aliphatic rings. The summed E-state index contributed by atoms with van der Waals surface area (Å²) in [6.07, 6.45) is -2.32. The van der Waals surface area contributed by atoms with Crippen LogP contribution in [0.25, 0.3) is 0 Å².